The molecule has 1 aromatic carbocycles. The highest BCUT2D eigenvalue weighted by atomic mass is 16.5. The second kappa shape index (κ2) is 8.29. The summed E-state index contributed by atoms with van der Waals surface area (Å²) < 4.78 is 5.05. The smallest absolute Gasteiger partial charge is 0.408 e. The van der Waals surface area contributed by atoms with E-state index < -0.39 is 12.1 Å². The van der Waals surface area contributed by atoms with Gasteiger partial charge in [0.1, 0.15) is 6.61 Å². The minimum absolute atomic E-state index is 0.0403. The van der Waals surface area contributed by atoms with Crippen LogP contribution in [0.4, 0.5) is 4.79 Å². The molecule has 0 spiro atoms. The third-order valence-corrected chi connectivity index (χ3v) is 2.81. The molecule has 0 bridgehead atoms. The predicted molar refractivity (Wildman–Crippen MR) is 73.8 cm³/mol. The summed E-state index contributed by atoms with van der Waals surface area (Å²) in [6, 6.07) is 8.93. The lowest BCUT2D eigenvalue weighted by Gasteiger charge is -2.12. The van der Waals surface area contributed by atoms with E-state index in [4.69, 9.17) is 4.74 Å². The number of nitrogens with one attached hydrogen (secondary N) is 1. The highest BCUT2D eigenvalue weighted by Gasteiger charge is 2.15. The average molecular weight is 263 g/mol. The Bertz CT molecular complexity index is 403. The molecule has 0 aromatic heterocycles. The van der Waals surface area contributed by atoms with Crippen molar-refractivity contribution in [1.29, 1.82) is 0 Å². The van der Waals surface area contributed by atoms with Crippen LogP contribution in [0.2, 0.25) is 0 Å². The van der Waals surface area contributed by atoms with E-state index in [9.17, 15) is 9.59 Å². The van der Waals surface area contributed by atoms with Gasteiger partial charge < -0.3 is 10.1 Å². The van der Waals surface area contributed by atoms with E-state index >= 15 is 0 Å². The molecular weight excluding hydrogens is 242 g/mol. The second-order valence-corrected chi connectivity index (χ2v) is 4.50. The molecule has 0 radical (unpaired) electrons. The summed E-state index contributed by atoms with van der Waals surface area (Å²) in [6.45, 7) is 3.92. The van der Waals surface area contributed by atoms with Gasteiger partial charge in [0.2, 0.25) is 0 Å². The number of hydrogen-bond acceptors (Lipinski definition) is 3. The molecular formula is C15H21NO3. The molecule has 1 amide bonds. The number of ether oxygens (including phenoxy) is 1. The first-order chi connectivity index (χ1) is 9.13. The van der Waals surface area contributed by atoms with E-state index in [1.54, 1.807) is 6.92 Å². The number of Topliss-reactive ketones (excluding diaryl/α,β-unsaturated/α-hetero) is 1. The maximum Gasteiger partial charge on any atom is 0.408 e. The second-order valence-electron chi connectivity index (χ2n) is 4.50. The Labute approximate surface area is 114 Å². The molecule has 104 valence electrons. The van der Waals surface area contributed by atoms with E-state index in [1.165, 1.54) is 0 Å². The number of rotatable bonds is 7. The summed E-state index contributed by atoms with van der Waals surface area (Å²) in [7, 11) is 0. The largest absolute Gasteiger partial charge is 0.445 e. The van der Waals surface area contributed by atoms with Gasteiger partial charge in [-0.15, -0.1) is 0 Å². The zero-order chi connectivity index (χ0) is 14.1. The molecule has 1 rings (SSSR count). The summed E-state index contributed by atoms with van der Waals surface area (Å²) in [4.78, 5) is 23.2. The van der Waals surface area contributed by atoms with Crippen LogP contribution in [0, 0.1) is 0 Å². The van der Waals surface area contributed by atoms with Crippen molar-refractivity contribution < 1.29 is 14.3 Å². The molecule has 0 saturated carbocycles. The lowest BCUT2D eigenvalue weighted by molar-refractivity contribution is -0.120. The Morgan fingerprint density at radius 3 is 2.58 bits per heavy atom. The number of carbonyl (C=O) groups excluding carboxylic acids is 2. The van der Waals surface area contributed by atoms with Crippen LogP contribution >= 0.6 is 0 Å². The van der Waals surface area contributed by atoms with E-state index in [0.717, 1.165) is 18.4 Å². The molecule has 19 heavy (non-hydrogen) atoms. The fraction of sp³-hybridized carbons (Fsp3) is 0.467. The fourth-order valence-electron chi connectivity index (χ4n) is 1.59. The SMILES string of the molecule is CCCCC(=O)C(C)NC(=O)OCc1ccccc1. The number of unbranched alkanes of at least 4 members (excludes halogenated alkanes) is 1. The number of amides is 1. The van der Waals surface area contributed by atoms with Gasteiger partial charge in [-0.3, -0.25) is 4.79 Å². The molecule has 1 aromatic rings. The molecule has 1 unspecified atom stereocenters. The lowest BCUT2D eigenvalue weighted by atomic mass is 10.1. The minimum atomic E-state index is -0.554. The van der Waals surface area contributed by atoms with Gasteiger partial charge in [-0.05, 0) is 18.9 Å². The van der Waals surface area contributed by atoms with Gasteiger partial charge in [-0.1, -0.05) is 43.7 Å². The zero-order valence-corrected chi connectivity index (χ0v) is 11.5. The number of carbonyl (C=O) groups is 2. The molecule has 0 aliphatic carbocycles. The predicted octanol–water partition coefficient (Wildman–Crippen LogP) is 3.06. The number of benzene rings is 1. The standard InChI is InChI=1S/C15H21NO3/c1-3-4-10-14(17)12(2)16-15(18)19-11-13-8-6-5-7-9-13/h5-9,12H,3-4,10-11H2,1-2H3,(H,16,18). The van der Waals surface area contributed by atoms with Crippen molar-refractivity contribution in [3.8, 4) is 0 Å². The van der Waals surface area contributed by atoms with Crippen LogP contribution in [0.3, 0.4) is 0 Å². The quantitative estimate of drug-likeness (QED) is 0.822. The Morgan fingerprint density at radius 2 is 1.95 bits per heavy atom. The van der Waals surface area contributed by atoms with Crippen molar-refractivity contribution >= 4 is 11.9 Å². The number of hydrogen-bond donors (Lipinski definition) is 1. The van der Waals surface area contributed by atoms with Gasteiger partial charge >= 0.3 is 6.09 Å². The fourth-order valence-corrected chi connectivity index (χ4v) is 1.59. The van der Waals surface area contributed by atoms with Crippen LogP contribution in [0.1, 0.15) is 38.7 Å². The topological polar surface area (TPSA) is 55.4 Å². The van der Waals surface area contributed by atoms with Crippen molar-refractivity contribution in [3.05, 3.63) is 35.9 Å². The van der Waals surface area contributed by atoms with Gasteiger partial charge in [-0.2, -0.15) is 0 Å². The van der Waals surface area contributed by atoms with Crippen LogP contribution < -0.4 is 5.32 Å². The molecule has 0 fully saturated rings. The summed E-state index contributed by atoms with van der Waals surface area (Å²) in [5.41, 5.74) is 0.919. The first-order valence-corrected chi connectivity index (χ1v) is 6.63. The molecule has 1 N–H and O–H groups in total. The lowest BCUT2D eigenvalue weighted by Crippen LogP contribution is -2.38. The van der Waals surface area contributed by atoms with Gasteiger partial charge in [0, 0.05) is 6.42 Å². The van der Waals surface area contributed by atoms with Crippen LogP contribution in [-0.4, -0.2) is 17.9 Å². The monoisotopic (exact) mass is 263 g/mol. The van der Waals surface area contributed by atoms with Gasteiger partial charge in [0.25, 0.3) is 0 Å². The molecule has 4 nitrogen and oxygen atoms in total. The highest BCUT2D eigenvalue weighted by molar-refractivity contribution is 5.86. The first-order valence-electron chi connectivity index (χ1n) is 6.63. The normalized spacial score (nSPS) is 11.7. The van der Waals surface area contributed by atoms with Crippen molar-refractivity contribution in [2.24, 2.45) is 0 Å². The third-order valence-electron chi connectivity index (χ3n) is 2.81. The van der Waals surface area contributed by atoms with Gasteiger partial charge in [0.05, 0.1) is 6.04 Å². The Morgan fingerprint density at radius 1 is 1.26 bits per heavy atom. The molecule has 1 atom stereocenters. The summed E-state index contributed by atoms with van der Waals surface area (Å²) in [5.74, 6) is 0.0403. The summed E-state index contributed by atoms with van der Waals surface area (Å²) >= 11 is 0. The van der Waals surface area contributed by atoms with Gasteiger partial charge in [0.15, 0.2) is 5.78 Å². The van der Waals surface area contributed by atoms with Crippen LogP contribution in [0.5, 0.6) is 0 Å². The molecule has 0 heterocycles. The van der Waals surface area contributed by atoms with E-state index in [2.05, 4.69) is 5.32 Å². The maximum absolute atomic E-state index is 11.6. The molecule has 0 aliphatic rings. The van der Waals surface area contributed by atoms with Crippen molar-refractivity contribution in [2.45, 2.75) is 45.8 Å². The number of alkyl carbamates (subject to hydrolysis) is 1. The highest BCUT2D eigenvalue weighted by Crippen LogP contribution is 2.02. The van der Waals surface area contributed by atoms with Crippen LogP contribution in [-0.2, 0) is 16.1 Å². The summed E-state index contributed by atoms with van der Waals surface area (Å²) in [6.07, 6.45) is 1.76. The van der Waals surface area contributed by atoms with E-state index in [-0.39, 0.29) is 12.4 Å². The van der Waals surface area contributed by atoms with Crippen molar-refractivity contribution in [2.75, 3.05) is 0 Å². The van der Waals surface area contributed by atoms with Crippen molar-refractivity contribution in [3.63, 3.8) is 0 Å². The number of ketones is 1. The molecule has 0 aliphatic heterocycles. The van der Waals surface area contributed by atoms with Gasteiger partial charge in [-0.25, -0.2) is 4.79 Å². The third kappa shape index (κ3) is 6.04. The maximum atomic E-state index is 11.6. The van der Waals surface area contributed by atoms with Crippen LogP contribution in [0.25, 0.3) is 0 Å². The Hall–Kier alpha value is -1.84. The van der Waals surface area contributed by atoms with E-state index in [0.29, 0.717) is 6.42 Å². The first kappa shape index (κ1) is 15.2. The minimum Gasteiger partial charge on any atom is -0.445 e. The Balaban J connectivity index is 2.29. The van der Waals surface area contributed by atoms with Crippen LogP contribution in [0.15, 0.2) is 30.3 Å². The molecule has 0 saturated heterocycles. The molecule has 4 heteroatoms. The zero-order valence-electron chi connectivity index (χ0n) is 11.5. The average Bonchev–Trinajstić information content (AvgIpc) is 2.43. The van der Waals surface area contributed by atoms with Crippen molar-refractivity contribution in [1.82, 2.24) is 5.32 Å². The Kier molecular flexibility index (Phi) is 6.64. The summed E-state index contributed by atoms with van der Waals surface area (Å²) in [5, 5.41) is 2.55. The van der Waals surface area contributed by atoms with E-state index in [1.807, 2.05) is 37.3 Å².